The number of fused-ring (bicyclic) bond motifs is 1. The molecule has 5 nitrogen and oxygen atoms in total. The molecule has 2 aromatic rings. The van der Waals surface area contributed by atoms with Gasteiger partial charge in [0.05, 0.1) is 11.3 Å². The molecule has 0 aliphatic carbocycles. The molecular weight excluding hydrogens is 196 g/mol. The number of carboxylic acids is 1. The van der Waals surface area contributed by atoms with Gasteiger partial charge in [-0.15, -0.1) is 0 Å². The number of aromatic hydroxyl groups is 1. The van der Waals surface area contributed by atoms with E-state index in [9.17, 15) is 9.90 Å². The van der Waals surface area contributed by atoms with Gasteiger partial charge >= 0.3 is 5.97 Å². The Morgan fingerprint density at radius 2 is 2.20 bits per heavy atom. The molecule has 0 aliphatic heterocycles. The molecule has 0 unspecified atom stereocenters. The van der Waals surface area contributed by atoms with E-state index in [-0.39, 0.29) is 22.5 Å². The number of nitrogens with zero attached hydrogens (tertiary/aromatic N) is 1. The summed E-state index contributed by atoms with van der Waals surface area (Å²) in [5, 5.41) is 18.9. The summed E-state index contributed by atoms with van der Waals surface area (Å²) in [7, 11) is 0. The summed E-state index contributed by atoms with van der Waals surface area (Å²) in [5.41, 5.74) is 5.72. The topological polar surface area (TPSA) is 96.4 Å². The molecular formula is C10H8N2O3. The Bertz CT molecular complexity index is 552. The predicted molar refractivity (Wildman–Crippen MR) is 54.8 cm³/mol. The number of nitrogens with two attached hydrogens (primary N) is 1. The van der Waals surface area contributed by atoms with Gasteiger partial charge in [0.2, 0.25) is 0 Å². The van der Waals surface area contributed by atoms with E-state index in [1.807, 2.05) is 0 Å². The van der Waals surface area contributed by atoms with Crippen LogP contribution in [0.15, 0.2) is 24.4 Å². The molecule has 0 atom stereocenters. The van der Waals surface area contributed by atoms with Crippen molar-refractivity contribution in [1.82, 2.24) is 4.98 Å². The van der Waals surface area contributed by atoms with Crippen LogP contribution in [-0.2, 0) is 0 Å². The zero-order valence-electron chi connectivity index (χ0n) is 7.64. The van der Waals surface area contributed by atoms with Crippen LogP contribution in [-0.4, -0.2) is 21.2 Å². The summed E-state index contributed by atoms with van der Waals surface area (Å²) in [6.07, 6.45) is 1.47. The summed E-state index contributed by atoms with van der Waals surface area (Å²) in [4.78, 5) is 14.8. The quantitative estimate of drug-likeness (QED) is 0.479. The van der Waals surface area contributed by atoms with Crippen molar-refractivity contribution in [3.8, 4) is 5.75 Å². The zero-order chi connectivity index (χ0) is 11.0. The lowest BCUT2D eigenvalue weighted by atomic mass is 10.1. The molecule has 0 amide bonds. The average molecular weight is 204 g/mol. The van der Waals surface area contributed by atoms with Crippen LogP contribution in [0.25, 0.3) is 10.9 Å². The van der Waals surface area contributed by atoms with Crippen LogP contribution in [0.4, 0.5) is 5.69 Å². The lowest BCUT2D eigenvalue weighted by Crippen LogP contribution is -2.00. The van der Waals surface area contributed by atoms with E-state index in [1.54, 1.807) is 12.1 Å². The number of anilines is 1. The van der Waals surface area contributed by atoms with Gasteiger partial charge in [0.1, 0.15) is 5.52 Å². The number of phenolic OH excluding ortho intramolecular Hbond substituents is 1. The maximum atomic E-state index is 10.9. The van der Waals surface area contributed by atoms with Crippen LogP contribution in [0.1, 0.15) is 10.4 Å². The number of aromatic nitrogens is 1. The number of hydrogen-bond donors (Lipinski definition) is 3. The first-order valence-corrected chi connectivity index (χ1v) is 4.20. The lowest BCUT2D eigenvalue weighted by molar-refractivity contribution is 0.0699. The smallest absolute Gasteiger partial charge is 0.336 e. The number of rotatable bonds is 1. The first kappa shape index (κ1) is 9.26. The maximum absolute atomic E-state index is 10.9. The van der Waals surface area contributed by atoms with Crippen molar-refractivity contribution in [2.24, 2.45) is 0 Å². The van der Waals surface area contributed by atoms with E-state index < -0.39 is 5.97 Å². The van der Waals surface area contributed by atoms with Crippen LogP contribution < -0.4 is 5.73 Å². The molecule has 0 fully saturated rings. The molecule has 0 saturated heterocycles. The van der Waals surface area contributed by atoms with E-state index in [4.69, 9.17) is 10.8 Å². The molecule has 1 aromatic carbocycles. The Balaban J connectivity index is 2.94. The molecule has 2 rings (SSSR count). The van der Waals surface area contributed by atoms with Crippen LogP contribution in [0.5, 0.6) is 5.75 Å². The molecule has 0 saturated carbocycles. The van der Waals surface area contributed by atoms with E-state index in [0.717, 1.165) is 0 Å². The maximum Gasteiger partial charge on any atom is 0.336 e. The molecule has 15 heavy (non-hydrogen) atoms. The van der Waals surface area contributed by atoms with Crippen molar-refractivity contribution >= 4 is 22.6 Å². The van der Waals surface area contributed by atoms with Gasteiger partial charge in [-0.1, -0.05) is 6.07 Å². The van der Waals surface area contributed by atoms with Gasteiger partial charge in [-0.05, 0) is 12.1 Å². The third-order valence-corrected chi connectivity index (χ3v) is 2.13. The minimum atomic E-state index is -1.10. The van der Waals surface area contributed by atoms with Gasteiger partial charge in [0, 0.05) is 11.6 Å². The number of phenols is 1. The molecule has 4 N–H and O–H groups in total. The number of carbonyl (C=O) groups is 1. The average Bonchev–Trinajstić information content (AvgIpc) is 2.23. The fourth-order valence-corrected chi connectivity index (χ4v) is 1.43. The van der Waals surface area contributed by atoms with E-state index >= 15 is 0 Å². The molecule has 0 radical (unpaired) electrons. The van der Waals surface area contributed by atoms with Crippen LogP contribution in [0, 0.1) is 0 Å². The van der Waals surface area contributed by atoms with Crippen molar-refractivity contribution in [2.45, 2.75) is 0 Å². The minimum Gasteiger partial charge on any atom is -0.504 e. The first-order chi connectivity index (χ1) is 7.11. The monoisotopic (exact) mass is 204 g/mol. The summed E-state index contributed by atoms with van der Waals surface area (Å²) in [5.74, 6) is -1.28. The summed E-state index contributed by atoms with van der Waals surface area (Å²) in [6.45, 7) is 0. The fourth-order valence-electron chi connectivity index (χ4n) is 1.43. The lowest BCUT2D eigenvalue weighted by Gasteiger charge is -2.06. The Labute approximate surface area is 84.8 Å². The highest BCUT2D eigenvalue weighted by Crippen LogP contribution is 2.31. The summed E-state index contributed by atoms with van der Waals surface area (Å²) < 4.78 is 0. The predicted octanol–water partition coefficient (Wildman–Crippen LogP) is 1.22. The Kier molecular flexibility index (Phi) is 1.93. The van der Waals surface area contributed by atoms with E-state index in [0.29, 0.717) is 5.39 Å². The second-order valence-electron chi connectivity index (χ2n) is 3.07. The minimum absolute atomic E-state index is 0.0126. The second-order valence-corrected chi connectivity index (χ2v) is 3.07. The van der Waals surface area contributed by atoms with Crippen molar-refractivity contribution in [3.05, 3.63) is 30.0 Å². The summed E-state index contributed by atoms with van der Waals surface area (Å²) >= 11 is 0. The second kappa shape index (κ2) is 3.13. The van der Waals surface area contributed by atoms with Crippen molar-refractivity contribution in [1.29, 1.82) is 0 Å². The number of hydrogen-bond acceptors (Lipinski definition) is 4. The Morgan fingerprint density at radius 1 is 1.47 bits per heavy atom. The number of pyridine rings is 1. The van der Waals surface area contributed by atoms with Gasteiger partial charge in [-0.2, -0.15) is 0 Å². The van der Waals surface area contributed by atoms with Crippen LogP contribution >= 0.6 is 0 Å². The van der Waals surface area contributed by atoms with Gasteiger partial charge in [0.25, 0.3) is 0 Å². The number of benzene rings is 1. The Morgan fingerprint density at radius 3 is 2.87 bits per heavy atom. The van der Waals surface area contributed by atoms with Gasteiger partial charge in [-0.25, -0.2) is 4.79 Å². The normalized spacial score (nSPS) is 10.4. The van der Waals surface area contributed by atoms with Gasteiger partial charge < -0.3 is 15.9 Å². The number of carboxylic acid groups (broad SMARTS) is 1. The fraction of sp³-hybridized carbons (Fsp3) is 0. The highest BCUT2D eigenvalue weighted by Gasteiger charge is 2.14. The molecule has 0 aliphatic rings. The number of aromatic carboxylic acids is 1. The van der Waals surface area contributed by atoms with E-state index in [1.165, 1.54) is 12.3 Å². The molecule has 1 aromatic heterocycles. The zero-order valence-corrected chi connectivity index (χ0v) is 7.64. The summed E-state index contributed by atoms with van der Waals surface area (Å²) in [6, 6.07) is 4.40. The molecule has 1 heterocycles. The van der Waals surface area contributed by atoms with Crippen molar-refractivity contribution < 1.29 is 15.0 Å². The van der Waals surface area contributed by atoms with E-state index in [2.05, 4.69) is 4.98 Å². The molecule has 0 bridgehead atoms. The molecule has 76 valence electrons. The van der Waals surface area contributed by atoms with Crippen LogP contribution in [0.3, 0.4) is 0 Å². The standard InChI is InChI=1S/C10H8N2O3/c11-7-4-6(10(14)15)5-2-1-3-12-8(5)9(7)13/h1-4,13H,11H2,(H,14,15). The first-order valence-electron chi connectivity index (χ1n) is 4.20. The third kappa shape index (κ3) is 1.34. The van der Waals surface area contributed by atoms with Crippen molar-refractivity contribution in [2.75, 3.05) is 5.73 Å². The number of nitrogen functional groups attached to an aromatic ring is 1. The largest absolute Gasteiger partial charge is 0.504 e. The highest BCUT2D eigenvalue weighted by molar-refractivity contribution is 6.06. The SMILES string of the molecule is Nc1cc(C(=O)O)c2cccnc2c1O. The Hall–Kier alpha value is -2.30. The molecule has 5 heteroatoms. The van der Waals surface area contributed by atoms with Gasteiger partial charge in [0.15, 0.2) is 5.75 Å². The van der Waals surface area contributed by atoms with Crippen LogP contribution in [0.2, 0.25) is 0 Å². The third-order valence-electron chi connectivity index (χ3n) is 2.13. The molecule has 0 spiro atoms. The highest BCUT2D eigenvalue weighted by atomic mass is 16.4. The van der Waals surface area contributed by atoms with Gasteiger partial charge in [-0.3, -0.25) is 4.98 Å². The van der Waals surface area contributed by atoms with Crippen molar-refractivity contribution in [3.63, 3.8) is 0 Å².